The number of benzodiazepines with no additional fused rings is 1. The fourth-order valence-electron chi connectivity index (χ4n) is 4.95. The van der Waals surface area contributed by atoms with Crippen LogP contribution < -0.4 is 15.5 Å². The van der Waals surface area contributed by atoms with Crippen LogP contribution in [-0.4, -0.2) is 54.3 Å². The highest BCUT2D eigenvalue weighted by atomic mass is 16.5. The van der Waals surface area contributed by atoms with Gasteiger partial charge in [-0.15, -0.1) is 5.10 Å². The summed E-state index contributed by atoms with van der Waals surface area (Å²) < 4.78 is 17.7. The van der Waals surface area contributed by atoms with Gasteiger partial charge in [0.1, 0.15) is 5.58 Å². The lowest BCUT2D eigenvalue weighted by molar-refractivity contribution is -0.116. The fourth-order valence-corrected chi connectivity index (χ4v) is 4.95. The molecule has 2 N–H and O–H groups in total. The van der Waals surface area contributed by atoms with Crippen molar-refractivity contribution in [3.8, 4) is 11.7 Å². The van der Waals surface area contributed by atoms with Gasteiger partial charge in [-0.25, -0.2) is 4.99 Å². The van der Waals surface area contributed by atoms with Gasteiger partial charge in [0.15, 0.2) is 0 Å². The Morgan fingerprint density at radius 3 is 2.51 bits per heavy atom. The van der Waals surface area contributed by atoms with Crippen LogP contribution >= 0.6 is 0 Å². The maximum atomic E-state index is 13.2. The number of carbonyl (C=O) groups excluding carboxylic acids is 1. The minimum absolute atomic E-state index is 0.0562. The number of carbonyl (C=O) groups is 1. The van der Waals surface area contributed by atoms with E-state index in [0.29, 0.717) is 30.4 Å². The summed E-state index contributed by atoms with van der Waals surface area (Å²) in [6, 6.07) is 25.2. The van der Waals surface area contributed by atoms with Crippen molar-refractivity contribution in [1.82, 2.24) is 10.2 Å². The Balaban J connectivity index is 1.24. The molecule has 1 fully saturated rings. The number of benzene rings is 3. The van der Waals surface area contributed by atoms with E-state index in [1.54, 1.807) is 0 Å². The molecule has 1 amide bonds. The molecule has 194 valence electrons. The predicted octanol–water partition coefficient (Wildman–Crippen LogP) is 4.55. The van der Waals surface area contributed by atoms with Crippen molar-refractivity contribution in [3.63, 3.8) is 0 Å². The number of morpholine rings is 1. The molecule has 5 aromatic rings. The van der Waals surface area contributed by atoms with Crippen LogP contribution in [0.4, 0.5) is 17.4 Å². The van der Waals surface area contributed by atoms with E-state index >= 15 is 0 Å². The monoisotopic (exact) mass is 520 g/mol. The van der Waals surface area contributed by atoms with E-state index in [1.165, 1.54) is 0 Å². The van der Waals surface area contributed by atoms with E-state index in [-0.39, 0.29) is 17.8 Å². The zero-order valence-corrected chi connectivity index (χ0v) is 20.8. The molecule has 39 heavy (non-hydrogen) atoms. The van der Waals surface area contributed by atoms with Crippen LogP contribution in [0.25, 0.3) is 22.6 Å². The number of anilines is 3. The second kappa shape index (κ2) is 9.73. The molecule has 0 spiro atoms. The number of amides is 1. The number of para-hydroxylation sites is 2. The van der Waals surface area contributed by atoms with Crippen molar-refractivity contribution in [1.29, 1.82) is 0 Å². The highest BCUT2D eigenvalue weighted by Crippen LogP contribution is 2.40. The third-order valence-electron chi connectivity index (χ3n) is 6.77. The molecule has 1 saturated heterocycles. The summed E-state index contributed by atoms with van der Waals surface area (Å²) in [6.45, 7) is 2.68. The van der Waals surface area contributed by atoms with Gasteiger partial charge in [-0.05, 0) is 18.2 Å². The molecule has 2 aliphatic heterocycles. The van der Waals surface area contributed by atoms with Crippen LogP contribution in [0.2, 0.25) is 0 Å². The van der Waals surface area contributed by atoms with Crippen LogP contribution in [-0.2, 0) is 9.53 Å². The molecule has 0 radical (unpaired) electrons. The molecule has 10 nitrogen and oxygen atoms in total. The lowest BCUT2D eigenvalue weighted by Crippen LogP contribution is -2.36. The van der Waals surface area contributed by atoms with E-state index in [4.69, 9.17) is 18.6 Å². The lowest BCUT2D eigenvalue weighted by atomic mass is 10.0. The summed E-state index contributed by atoms with van der Waals surface area (Å²) in [5, 5.41) is 15.4. The van der Waals surface area contributed by atoms with Crippen molar-refractivity contribution in [3.05, 3.63) is 90.0 Å². The molecule has 2 aliphatic rings. The lowest BCUT2D eigenvalue weighted by Gasteiger charge is -2.28. The quantitative estimate of drug-likeness (QED) is 0.347. The van der Waals surface area contributed by atoms with Crippen LogP contribution in [0, 0.1) is 0 Å². The summed E-state index contributed by atoms with van der Waals surface area (Å²) >= 11 is 0. The van der Waals surface area contributed by atoms with E-state index in [1.807, 2.05) is 78.9 Å². The molecule has 0 bridgehead atoms. The van der Waals surface area contributed by atoms with Crippen molar-refractivity contribution < 1.29 is 18.4 Å². The first-order valence-electron chi connectivity index (χ1n) is 12.7. The molecular weight excluding hydrogens is 496 g/mol. The third kappa shape index (κ3) is 4.30. The number of hydrogen-bond acceptors (Lipinski definition) is 9. The number of rotatable bonds is 5. The molecule has 0 saturated carbocycles. The van der Waals surface area contributed by atoms with Gasteiger partial charge in [-0.2, -0.15) is 0 Å². The Bertz CT molecular complexity index is 1690. The number of hydrogen-bond donors (Lipinski definition) is 2. The van der Waals surface area contributed by atoms with Crippen LogP contribution in [0.3, 0.4) is 0 Å². The van der Waals surface area contributed by atoms with E-state index in [2.05, 4.69) is 25.7 Å². The minimum Gasteiger partial charge on any atom is -0.449 e. The Hall–Kier alpha value is -4.96. The zero-order chi connectivity index (χ0) is 26.2. The van der Waals surface area contributed by atoms with Gasteiger partial charge in [0.2, 0.25) is 11.9 Å². The molecular formula is C29H24N6O4. The SMILES string of the molecule is O=C1Nc2ccccc2C(c2ccccc2)=N[C@@H]1Nc1nnc(-c2oc3ccccc3c2N2CCOCC2)o1. The summed E-state index contributed by atoms with van der Waals surface area (Å²) in [6.07, 6.45) is -1.00. The van der Waals surface area contributed by atoms with Gasteiger partial charge >= 0.3 is 6.01 Å². The molecule has 0 unspecified atom stereocenters. The average molecular weight is 521 g/mol. The highest BCUT2D eigenvalue weighted by Gasteiger charge is 2.29. The van der Waals surface area contributed by atoms with Crippen molar-refractivity contribution in [2.75, 3.05) is 41.8 Å². The standard InChI is InChI=1S/C29H24N6O4/c36-27-26(31-23(18-8-2-1-3-9-18)19-10-4-6-12-21(19)30-27)32-29-34-33-28(39-29)25-24(35-14-16-37-17-15-35)20-11-5-7-13-22(20)38-25/h1-13,26H,14-17H2,(H,30,36)(H,32,34)/t26-/m1/s1. The summed E-state index contributed by atoms with van der Waals surface area (Å²) in [7, 11) is 0. The first-order valence-corrected chi connectivity index (χ1v) is 12.7. The molecule has 10 heteroatoms. The molecule has 2 aromatic heterocycles. The Morgan fingerprint density at radius 1 is 0.872 bits per heavy atom. The van der Waals surface area contributed by atoms with Gasteiger partial charge in [0.25, 0.3) is 11.8 Å². The van der Waals surface area contributed by atoms with E-state index < -0.39 is 6.17 Å². The second-order valence-electron chi connectivity index (χ2n) is 9.21. The second-order valence-corrected chi connectivity index (χ2v) is 9.21. The van der Waals surface area contributed by atoms with Crippen molar-refractivity contribution in [2.45, 2.75) is 6.17 Å². The van der Waals surface area contributed by atoms with Crippen LogP contribution in [0.5, 0.6) is 0 Å². The molecule has 0 aliphatic carbocycles. The van der Waals surface area contributed by atoms with Gasteiger partial charge < -0.3 is 29.1 Å². The van der Waals surface area contributed by atoms with Gasteiger partial charge in [-0.3, -0.25) is 4.79 Å². The van der Waals surface area contributed by atoms with Crippen molar-refractivity contribution >= 4 is 40.0 Å². The highest BCUT2D eigenvalue weighted by molar-refractivity contribution is 6.19. The Morgan fingerprint density at radius 2 is 1.64 bits per heavy atom. The number of ether oxygens (including phenoxy) is 1. The molecule has 3 aromatic carbocycles. The van der Waals surface area contributed by atoms with E-state index in [9.17, 15) is 4.79 Å². The summed E-state index contributed by atoms with van der Waals surface area (Å²) in [4.78, 5) is 20.2. The number of aromatic nitrogens is 2. The number of nitrogens with one attached hydrogen (secondary N) is 2. The topological polar surface area (TPSA) is 118 Å². The third-order valence-corrected chi connectivity index (χ3v) is 6.77. The zero-order valence-electron chi connectivity index (χ0n) is 20.8. The molecule has 7 rings (SSSR count). The smallest absolute Gasteiger partial charge is 0.317 e. The van der Waals surface area contributed by atoms with Crippen LogP contribution in [0.1, 0.15) is 11.1 Å². The predicted molar refractivity (Wildman–Crippen MR) is 147 cm³/mol. The van der Waals surface area contributed by atoms with Crippen LogP contribution in [0.15, 0.2) is 92.7 Å². The maximum Gasteiger partial charge on any atom is 0.317 e. The number of nitrogens with zero attached hydrogens (tertiary/aromatic N) is 4. The van der Waals surface area contributed by atoms with E-state index in [0.717, 1.165) is 40.9 Å². The van der Waals surface area contributed by atoms with Gasteiger partial charge in [0, 0.05) is 29.6 Å². The van der Waals surface area contributed by atoms with Crippen molar-refractivity contribution in [2.24, 2.45) is 4.99 Å². The summed E-state index contributed by atoms with van der Waals surface area (Å²) in [5.74, 6) is 0.343. The average Bonchev–Trinajstić information content (AvgIpc) is 3.58. The normalized spacial score (nSPS) is 17.3. The molecule has 1 atom stereocenters. The fraction of sp³-hybridized carbons (Fsp3) is 0.172. The largest absolute Gasteiger partial charge is 0.449 e. The van der Waals surface area contributed by atoms with Gasteiger partial charge in [0.05, 0.1) is 30.3 Å². The first kappa shape index (κ1) is 23.2. The first-order chi connectivity index (χ1) is 19.2. The summed E-state index contributed by atoms with van der Waals surface area (Å²) in [5.41, 5.74) is 4.67. The minimum atomic E-state index is -1.00. The maximum absolute atomic E-state index is 13.2. The molecule has 4 heterocycles. The van der Waals surface area contributed by atoms with Gasteiger partial charge in [-0.1, -0.05) is 65.8 Å². The number of furan rings is 1. The Labute approximate surface area is 223 Å². The number of aliphatic imine (C=N–C) groups is 1. The number of fused-ring (bicyclic) bond motifs is 2. The Kier molecular flexibility index (Phi) is 5.78.